The minimum atomic E-state index is 0.0331. The van der Waals surface area contributed by atoms with Gasteiger partial charge in [0, 0.05) is 28.2 Å². The summed E-state index contributed by atoms with van der Waals surface area (Å²) in [5.41, 5.74) is 15.1. The van der Waals surface area contributed by atoms with Crippen molar-refractivity contribution < 1.29 is 0 Å². The molecule has 0 amide bonds. The number of unbranched alkanes of at least 4 members (excludes halogenated alkanes) is 4. The Bertz CT molecular complexity index is 2420. The van der Waals surface area contributed by atoms with Crippen LogP contribution in [0.1, 0.15) is 135 Å². The van der Waals surface area contributed by atoms with Crippen molar-refractivity contribution in [3.05, 3.63) is 144 Å². The topological polar surface area (TPSA) is 17.8 Å². The molecule has 2 nitrogen and oxygen atoms in total. The summed E-state index contributed by atoms with van der Waals surface area (Å²) < 4.78 is 2.50. The van der Waals surface area contributed by atoms with Crippen LogP contribution in [0.5, 0.6) is 0 Å². The van der Waals surface area contributed by atoms with Gasteiger partial charge >= 0.3 is 0 Å². The van der Waals surface area contributed by atoms with Gasteiger partial charge in [-0.2, -0.15) is 0 Å². The van der Waals surface area contributed by atoms with Crippen LogP contribution in [0.25, 0.3) is 61.0 Å². The van der Waals surface area contributed by atoms with Crippen molar-refractivity contribution in [3.8, 4) is 39.2 Å². The second-order valence-corrected chi connectivity index (χ2v) is 17.4. The summed E-state index contributed by atoms with van der Waals surface area (Å²) in [5, 5.41) is 2.56. The Morgan fingerprint density at radius 2 is 1.28 bits per heavy atom. The van der Waals surface area contributed by atoms with Crippen molar-refractivity contribution in [2.75, 3.05) is 0 Å². The summed E-state index contributed by atoms with van der Waals surface area (Å²) in [7, 11) is 0. The van der Waals surface area contributed by atoms with Gasteiger partial charge < -0.3 is 4.57 Å². The fourth-order valence-electron chi connectivity index (χ4n) is 9.58. The van der Waals surface area contributed by atoms with Gasteiger partial charge in [-0.25, -0.2) is 0 Å². The van der Waals surface area contributed by atoms with E-state index < -0.39 is 0 Å². The lowest BCUT2D eigenvalue weighted by Crippen LogP contribution is -2.31. The van der Waals surface area contributed by atoms with Crippen molar-refractivity contribution in [1.29, 1.82) is 0 Å². The number of rotatable bonds is 18. The second kappa shape index (κ2) is 18.8. The van der Waals surface area contributed by atoms with Crippen LogP contribution in [0.15, 0.2) is 128 Å². The first-order chi connectivity index (χ1) is 28.3. The molecule has 58 heavy (non-hydrogen) atoms. The van der Waals surface area contributed by atoms with E-state index in [1.165, 1.54) is 136 Å². The number of hydrogen-bond donors (Lipinski definition) is 0. The zero-order valence-corrected chi connectivity index (χ0v) is 36.5. The van der Waals surface area contributed by atoms with Gasteiger partial charge in [0.2, 0.25) is 0 Å². The normalized spacial score (nSPS) is 13.8. The van der Waals surface area contributed by atoms with Crippen LogP contribution in [0.2, 0.25) is 0 Å². The van der Waals surface area contributed by atoms with Crippen molar-refractivity contribution in [3.63, 3.8) is 0 Å². The number of aryl methyl sites for hydroxylation is 1. The number of benzene rings is 5. The first-order valence-electron chi connectivity index (χ1n) is 22.6. The van der Waals surface area contributed by atoms with Gasteiger partial charge in [0.05, 0.1) is 16.7 Å². The van der Waals surface area contributed by atoms with E-state index in [0.29, 0.717) is 11.8 Å². The fourth-order valence-corrected chi connectivity index (χ4v) is 9.58. The van der Waals surface area contributed by atoms with E-state index in [-0.39, 0.29) is 5.41 Å². The number of aromatic nitrogens is 2. The lowest BCUT2D eigenvalue weighted by atomic mass is 9.66. The van der Waals surface area contributed by atoms with Gasteiger partial charge in [-0.15, -0.1) is 0 Å². The molecule has 7 aromatic rings. The second-order valence-electron chi connectivity index (χ2n) is 17.4. The number of pyridine rings is 1. The fraction of sp³-hybridized carbons (Fsp3) is 0.375. The van der Waals surface area contributed by atoms with Gasteiger partial charge in [-0.3, -0.25) is 4.98 Å². The zero-order valence-electron chi connectivity index (χ0n) is 36.5. The quantitative estimate of drug-likeness (QED) is 0.0796. The molecular weight excluding hydrogens is 701 g/mol. The smallest absolute Gasteiger partial charge is 0.0705 e. The maximum absolute atomic E-state index is 5.08. The summed E-state index contributed by atoms with van der Waals surface area (Å²) in [6.07, 6.45) is 15.7. The van der Waals surface area contributed by atoms with Gasteiger partial charge in [-0.1, -0.05) is 172 Å². The molecule has 0 bridgehead atoms. The molecule has 0 aliphatic rings. The maximum Gasteiger partial charge on any atom is 0.0705 e. The first kappa shape index (κ1) is 41.2. The third-order valence-electron chi connectivity index (χ3n) is 13.4. The van der Waals surface area contributed by atoms with Gasteiger partial charge in [-0.05, 0) is 125 Å². The van der Waals surface area contributed by atoms with Crippen LogP contribution in [0, 0.1) is 12.8 Å². The summed E-state index contributed by atoms with van der Waals surface area (Å²) in [4.78, 5) is 5.08. The molecule has 300 valence electrons. The van der Waals surface area contributed by atoms with Crippen molar-refractivity contribution in [2.45, 2.75) is 130 Å². The molecule has 0 fully saturated rings. The van der Waals surface area contributed by atoms with Gasteiger partial charge in [0.25, 0.3) is 0 Å². The highest BCUT2D eigenvalue weighted by Crippen LogP contribution is 2.45. The molecule has 7 rings (SSSR count). The van der Waals surface area contributed by atoms with E-state index in [2.05, 4.69) is 174 Å². The molecule has 0 N–H and O–H groups in total. The molecule has 2 heteroatoms. The van der Waals surface area contributed by atoms with E-state index in [1.54, 1.807) is 0 Å². The summed E-state index contributed by atoms with van der Waals surface area (Å²) in [5.74, 6) is 1.15. The SMILES string of the molecule is CCCCCC(CCC)c1cccc(-c2ccc3c(c2)c2cc(-c4ccccc4)ccc2n3-c2ccc(C(C)(CCCCC)C(C)CC)c(-c3ccc(C)cn3)c2)c1. The molecule has 0 saturated heterocycles. The monoisotopic (exact) mass is 767 g/mol. The van der Waals surface area contributed by atoms with Crippen molar-refractivity contribution >= 4 is 21.8 Å². The number of fused-ring (bicyclic) bond motifs is 3. The summed E-state index contributed by atoms with van der Waals surface area (Å²) in [6, 6.07) is 46.2. The maximum atomic E-state index is 5.08. The molecule has 0 saturated carbocycles. The molecular formula is C56H66N2. The molecule has 2 heterocycles. The predicted molar refractivity (Wildman–Crippen MR) is 252 cm³/mol. The van der Waals surface area contributed by atoms with Crippen molar-refractivity contribution in [1.82, 2.24) is 9.55 Å². The van der Waals surface area contributed by atoms with E-state index in [1.807, 2.05) is 6.20 Å². The highest BCUT2D eigenvalue weighted by molar-refractivity contribution is 6.11. The molecule has 5 aromatic carbocycles. The molecule has 0 radical (unpaired) electrons. The van der Waals surface area contributed by atoms with E-state index in [0.717, 1.165) is 12.1 Å². The van der Waals surface area contributed by atoms with Crippen LogP contribution in [0.4, 0.5) is 0 Å². The highest BCUT2D eigenvalue weighted by Gasteiger charge is 2.34. The van der Waals surface area contributed by atoms with Gasteiger partial charge in [0.1, 0.15) is 0 Å². The standard InChI is InChI=1S/C56H66N2/c1-8-12-15-21-42(20-10-3)44-24-19-25-45(35-44)47-28-33-55-50(37-47)49-36-46(43-22-16-14-17-23-43)27-32-54(49)58(55)48-29-30-52(51(38-48)53-31-26-40(5)39-57-53)56(7,41(6)11-4)34-18-13-9-2/h14,16-17,19,22-33,35-39,41-42H,8-13,15,18,20-21,34H2,1-7H3. The molecule has 0 aliphatic carbocycles. The highest BCUT2D eigenvalue weighted by atomic mass is 15.0. The van der Waals surface area contributed by atoms with Crippen LogP contribution in [-0.2, 0) is 5.41 Å². The lowest BCUT2D eigenvalue weighted by Gasteiger charge is -2.38. The Hall–Kier alpha value is -4.95. The first-order valence-corrected chi connectivity index (χ1v) is 22.6. The minimum absolute atomic E-state index is 0.0331. The lowest BCUT2D eigenvalue weighted by molar-refractivity contribution is 0.277. The molecule has 2 aromatic heterocycles. The number of nitrogens with zero attached hydrogens (tertiary/aromatic N) is 2. The average Bonchev–Trinajstić information content (AvgIpc) is 3.59. The van der Waals surface area contributed by atoms with Crippen LogP contribution in [0.3, 0.4) is 0 Å². The van der Waals surface area contributed by atoms with E-state index in [9.17, 15) is 0 Å². The Kier molecular flexibility index (Phi) is 13.3. The molecule has 0 spiro atoms. The van der Waals surface area contributed by atoms with E-state index in [4.69, 9.17) is 4.98 Å². The Balaban J connectivity index is 1.43. The predicted octanol–water partition coefficient (Wildman–Crippen LogP) is 16.8. The van der Waals surface area contributed by atoms with Crippen LogP contribution >= 0.6 is 0 Å². The van der Waals surface area contributed by atoms with Crippen LogP contribution in [-0.4, -0.2) is 9.55 Å². The minimum Gasteiger partial charge on any atom is -0.309 e. The van der Waals surface area contributed by atoms with Crippen LogP contribution < -0.4 is 0 Å². The average molecular weight is 767 g/mol. The Labute approximate surface area is 349 Å². The number of hydrogen-bond acceptors (Lipinski definition) is 1. The molecule has 3 unspecified atom stereocenters. The Morgan fingerprint density at radius 1 is 0.603 bits per heavy atom. The third-order valence-corrected chi connectivity index (χ3v) is 13.4. The third kappa shape index (κ3) is 8.58. The molecule has 3 atom stereocenters. The summed E-state index contributed by atoms with van der Waals surface area (Å²) >= 11 is 0. The van der Waals surface area contributed by atoms with Gasteiger partial charge in [0.15, 0.2) is 0 Å². The largest absolute Gasteiger partial charge is 0.309 e. The molecule has 0 aliphatic heterocycles. The van der Waals surface area contributed by atoms with Crippen molar-refractivity contribution in [2.24, 2.45) is 5.92 Å². The zero-order chi connectivity index (χ0) is 40.6. The Morgan fingerprint density at radius 3 is 1.93 bits per heavy atom. The summed E-state index contributed by atoms with van der Waals surface area (Å²) in [6.45, 7) is 16.4. The van der Waals surface area contributed by atoms with E-state index >= 15 is 0 Å².